The number of rotatable bonds is 8. The molecule has 36 heavy (non-hydrogen) atoms. The molecule has 4 heterocycles. The number of methoxy groups -OCH3 is 1. The zero-order valence-electron chi connectivity index (χ0n) is 20.5. The van der Waals surface area contributed by atoms with Crippen molar-refractivity contribution in [3.63, 3.8) is 0 Å². The number of anilines is 4. The Bertz CT molecular complexity index is 1500. The maximum absolute atomic E-state index is 12.6. The Balaban J connectivity index is 1.74. The van der Waals surface area contributed by atoms with Gasteiger partial charge < -0.3 is 25.7 Å². The summed E-state index contributed by atoms with van der Waals surface area (Å²) in [6.45, 7) is 5.31. The lowest BCUT2D eigenvalue weighted by Crippen LogP contribution is -2.17. The Morgan fingerprint density at radius 3 is 2.44 bits per heavy atom. The number of nitrogens with two attached hydrogens (primary N) is 1. The molecule has 1 amide bonds. The summed E-state index contributed by atoms with van der Waals surface area (Å²) >= 11 is 0. The van der Waals surface area contributed by atoms with Crippen LogP contribution in [0.5, 0.6) is 5.75 Å². The molecule has 0 radical (unpaired) electrons. The largest absolute Gasteiger partial charge is 0.492 e. The van der Waals surface area contributed by atoms with Gasteiger partial charge in [0, 0.05) is 31.1 Å². The van der Waals surface area contributed by atoms with E-state index in [1.807, 2.05) is 19.1 Å². The molecule has 0 saturated heterocycles. The molecule has 0 aliphatic rings. The van der Waals surface area contributed by atoms with Gasteiger partial charge in [-0.1, -0.05) is 0 Å². The lowest BCUT2D eigenvalue weighted by atomic mass is 10.1. The van der Waals surface area contributed by atoms with Gasteiger partial charge in [-0.2, -0.15) is 5.10 Å². The van der Waals surface area contributed by atoms with Crippen molar-refractivity contribution < 1.29 is 14.1 Å². The van der Waals surface area contributed by atoms with E-state index in [0.29, 0.717) is 39.9 Å². The highest BCUT2D eigenvalue weighted by Gasteiger charge is 2.22. The van der Waals surface area contributed by atoms with Gasteiger partial charge in [0.15, 0.2) is 23.1 Å². The Kier molecular flexibility index (Phi) is 6.71. The number of pyridine rings is 2. The predicted molar refractivity (Wildman–Crippen MR) is 138 cm³/mol. The maximum atomic E-state index is 12.6. The van der Waals surface area contributed by atoms with E-state index in [1.54, 1.807) is 55.7 Å². The maximum Gasteiger partial charge on any atom is 0.271 e. The number of carbonyl (C=O) groups is 1. The van der Waals surface area contributed by atoms with Crippen LogP contribution in [0.15, 0.2) is 42.7 Å². The summed E-state index contributed by atoms with van der Waals surface area (Å²) in [5.74, 6) is 0.803. The first-order valence-corrected chi connectivity index (χ1v) is 13.4. The van der Waals surface area contributed by atoms with Gasteiger partial charge in [0.1, 0.15) is 13.0 Å². The second-order valence-electron chi connectivity index (χ2n) is 8.43. The van der Waals surface area contributed by atoms with Crippen LogP contribution in [0.25, 0.3) is 11.3 Å². The number of nitrogens with one attached hydrogen (secondary N) is 2. The van der Waals surface area contributed by atoms with Crippen molar-refractivity contribution in [2.75, 3.05) is 31.1 Å². The second-order valence-corrected chi connectivity index (χ2v) is 11.6. The van der Waals surface area contributed by atoms with Crippen molar-refractivity contribution in [2.24, 2.45) is 12.8 Å². The molecule has 4 aromatic heterocycles. The number of aryl methyl sites for hydroxylation is 2. The average Bonchev–Trinajstić information content (AvgIpc) is 3.21. The van der Waals surface area contributed by atoms with Gasteiger partial charge >= 0.3 is 0 Å². The number of primary amides is 1. The molecule has 0 aliphatic carbocycles. The smallest absolute Gasteiger partial charge is 0.271 e. The third-order valence-electron chi connectivity index (χ3n) is 5.24. The van der Waals surface area contributed by atoms with Crippen molar-refractivity contribution >= 4 is 41.6 Å². The van der Waals surface area contributed by atoms with E-state index in [1.165, 1.54) is 7.11 Å². The van der Waals surface area contributed by atoms with E-state index < -0.39 is 13.0 Å². The number of aromatic nitrogens is 6. The minimum atomic E-state index is -2.55. The van der Waals surface area contributed by atoms with E-state index in [4.69, 9.17) is 10.5 Å². The molecule has 0 bridgehead atoms. The molecule has 0 saturated carbocycles. The monoisotopic (exact) mass is 507 g/mol. The van der Waals surface area contributed by atoms with Crippen molar-refractivity contribution in [3.05, 3.63) is 54.0 Å². The first kappa shape index (κ1) is 24.8. The number of amides is 1. The summed E-state index contributed by atoms with van der Waals surface area (Å²) in [6.07, 6.45) is 3.24. The Labute approximate surface area is 207 Å². The minimum Gasteiger partial charge on any atom is -0.492 e. The minimum absolute atomic E-state index is 0.0787. The molecular formula is C23H26N9O3P. The van der Waals surface area contributed by atoms with Crippen LogP contribution in [0.3, 0.4) is 0 Å². The lowest BCUT2D eigenvalue weighted by Gasteiger charge is -2.15. The number of carbonyl (C=O) groups excluding carboxylic acids is 1. The first-order chi connectivity index (χ1) is 17.1. The van der Waals surface area contributed by atoms with Crippen LogP contribution in [-0.2, 0) is 11.6 Å². The molecular weight excluding hydrogens is 481 g/mol. The summed E-state index contributed by atoms with van der Waals surface area (Å²) in [5.41, 5.74) is 8.55. The van der Waals surface area contributed by atoms with E-state index in [9.17, 15) is 9.36 Å². The molecule has 0 unspecified atom stereocenters. The van der Waals surface area contributed by atoms with Crippen LogP contribution in [0.2, 0.25) is 0 Å². The van der Waals surface area contributed by atoms with Gasteiger partial charge in [-0.15, -0.1) is 10.2 Å². The van der Waals surface area contributed by atoms with Gasteiger partial charge in [-0.3, -0.25) is 9.48 Å². The first-order valence-electron chi connectivity index (χ1n) is 10.8. The van der Waals surface area contributed by atoms with E-state index in [2.05, 4.69) is 35.9 Å². The average molecular weight is 507 g/mol. The Morgan fingerprint density at radius 2 is 1.81 bits per heavy atom. The fourth-order valence-electron chi connectivity index (χ4n) is 3.63. The molecule has 0 atom stereocenters. The summed E-state index contributed by atoms with van der Waals surface area (Å²) in [4.78, 5) is 20.7. The van der Waals surface area contributed by atoms with E-state index in [0.717, 1.165) is 5.56 Å². The van der Waals surface area contributed by atoms with Gasteiger partial charge in [0.05, 0.1) is 23.9 Å². The quantitative estimate of drug-likeness (QED) is 0.302. The SMILES string of the molecule is COc1c(-c2cc(P(C)(C)=O)n(C)n2)ccnc1Nc1cc(Nc2cc(C)ccn2)nnc1C(N)=O. The fourth-order valence-corrected chi connectivity index (χ4v) is 4.81. The summed E-state index contributed by atoms with van der Waals surface area (Å²) in [6, 6.07) is 8.80. The van der Waals surface area contributed by atoms with Crippen LogP contribution >= 0.6 is 7.14 Å². The molecule has 12 nitrogen and oxygen atoms in total. The lowest BCUT2D eigenvalue weighted by molar-refractivity contribution is 0.0995. The number of hydrogen-bond donors (Lipinski definition) is 3. The molecule has 4 N–H and O–H groups in total. The molecule has 0 fully saturated rings. The summed E-state index contributed by atoms with van der Waals surface area (Å²) in [5, 5.41) is 18.7. The van der Waals surface area contributed by atoms with Crippen LogP contribution in [0, 0.1) is 6.92 Å². The molecule has 0 aliphatic heterocycles. The second kappa shape index (κ2) is 9.74. The van der Waals surface area contributed by atoms with Crippen LogP contribution in [0.4, 0.5) is 23.1 Å². The normalized spacial score (nSPS) is 11.2. The van der Waals surface area contributed by atoms with Crippen LogP contribution < -0.4 is 26.5 Å². The Hall–Kier alpha value is -4.31. The van der Waals surface area contributed by atoms with Gasteiger partial charge in [-0.05, 0) is 50.1 Å². The zero-order valence-corrected chi connectivity index (χ0v) is 21.4. The predicted octanol–water partition coefficient (Wildman–Crippen LogP) is 2.82. The third kappa shape index (κ3) is 5.18. The summed E-state index contributed by atoms with van der Waals surface area (Å²) < 4.78 is 19.9. The van der Waals surface area contributed by atoms with Gasteiger partial charge in [0.2, 0.25) is 0 Å². The van der Waals surface area contributed by atoms with Gasteiger partial charge in [0.25, 0.3) is 5.91 Å². The van der Waals surface area contributed by atoms with Crippen molar-refractivity contribution in [2.45, 2.75) is 6.92 Å². The standard InChI is InChI=1S/C23H26N9O3P/c1-13-6-8-25-17(10-13)28-18-11-16(20(22(24)33)30-29-18)27-23-21(35-3)14(7-9-26-23)15-12-19(32(2)31-15)36(4,5)34/h6-12H,1-5H3,(H2,24,33)(H2,25,26,27,28,29). The highest BCUT2D eigenvalue weighted by atomic mass is 31.2. The zero-order chi connectivity index (χ0) is 26.0. The molecule has 4 rings (SSSR count). The Morgan fingerprint density at radius 1 is 1.06 bits per heavy atom. The highest BCUT2D eigenvalue weighted by Crippen LogP contribution is 2.39. The van der Waals surface area contributed by atoms with Crippen molar-refractivity contribution in [3.8, 4) is 17.0 Å². The topological polar surface area (TPSA) is 163 Å². The fraction of sp³-hybridized carbons (Fsp3) is 0.217. The third-order valence-corrected chi connectivity index (χ3v) is 6.77. The number of ether oxygens (including phenoxy) is 1. The van der Waals surface area contributed by atoms with E-state index >= 15 is 0 Å². The molecule has 4 aromatic rings. The molecule has 0 spiro atoms. The van der Waals surface area contributed by atoms with Crippen LogP contribution in [-0.4, -0.2) is 56.3 Å². The number of hydrogen-bond acceptors (Lipinski definition) is 10. The van der Waals surface area contributed by atoms with Crippen molar-refractivity contribution in [1.82, 2.24) is 29.9 Å². The number of nitrogens with zero attached hydrogens (tertiary/aromatic N) is 6. The van der Waals surface area contributed by atoms with Gasteiger partial charge in [-0.25, -0.2) is 9.97 Å². The highest BCUT2D eigenvalue weighted by molar-refractivity contribution is 7.69. The molecule has 13 heteroatoms. The van der Waals surface area contributed by atoms with E-state index in [-0.39, 0.29) is 11.4 Å². The van der Waals surface area contributed by atoms with Crippen molar-refractivity contribution in [1.29, 1.82) is 0 Å². The summed E-state index contributed by atoms with van der Waals surface area (Å²) in [7, 11) is 0.686. The molecule has 186 valence electrons. The molecule has 0 aromatic carbocycles. The van der Waals surface area contributed by atoms with Crippen LogP contribution in [0.1, 0.15) is 16.1 Å².